The molecule has 262 valence electrons. The topological polar surface area (TPSA) is 179 Å². The number of amides is 2. The third kappa shape index (κ3) is 7.10. The third-order valence-electron chi connectivity index (χ3n) is 9.47. The molecule has 1 atom stereocenters. The Morgan fingerprint density at radius 3 is 2.56 bits per heavy atom. The van der Waals surface area contributed by atoms with Gasteiger partial charge in [0.05, 0.1) is 24.0 Å². The molecule has 12 heteroatoms. The highest BCUT2D eigenvalue weighted by molar-refractivity contribution is 6.27. The Balaban J connectivity index is 0.978. The van der Waals surface area contributed by atoms with Gasteiger partial charge in [0, 0.05) is 59.4 Å². The molecule has 2 amide bonds. The number of allylic oxidation sites excluding steroid dienone is 1. The van der Waals surface area contributed by atoms with Crippen molar-refractivity contribution in [3.63, 3.8) is 0 Å². The first-order valence-electron chi connectivity index (χ1n) is 17.1. The van der Waals surface area contributed by atoms with Gasteiger partial charge in [-0.1, -0.05) is 42.5 Å². The van der Waals surface area contributed by atoms with Crippen LogP contribution in [-0.4, -0.2) is 66.3 Å². The van der Waals surface area contributed by atoms with Gasteiger partial charge in [-0.2, -0.15) is 5.10 Å². The fourth-order valence-electron chi connectivity index (χ4n) is 6.80. The number of rotatable bonds is 12. The molecule has 1 aliphatic rings. The molecule has 1 fully saturated rings. The lowest BCUT2D eigenvalue weighted by molar-refractivity contribution is -0.135. The number of pyridine rings is 1. The van der Waals surface area contributed by atoms with Crippen molar-refractivity contribution in [1.82, 2.24) is 29.5 Å². The number of amidine groups is 1. The van der Waals surface area contributed by atoms with Crippen molar-refractivity contribution in [3.8, 4) is 5.75 Å². The minimum absolute atomic E-state index is 0.0115. The SMILES string of the molecule is CN(CCc1ccc(Cn2cc(/C(=C/C(=N)c3ccccc3O)C(=N)N)cn2)cc1)Cc1ccc2c(c1)c1cccnc1n2C1CCC(=O)NC1=O. The van der Waals surface area contributed by atoms with E-state index >= 15 is 0 Å². The Kier molecular flexibility index (Phi) is 9.47. The van der Waals surface area contributed by atoms with Crippen LogP contribution in [0.2, 0.25) is 0 Å². The van der Waals surface area contributed by atoms with Crippen molar-refractivity contribution in [3.05, 3.63) is 131 Å². The molecule has 6 N–H and O–H groups in total. The molecule has 6 aromatic rings. The standard InChI is InChI=1S/C40H39N9O3/c1-47(22-27-12-13-34-32(19-27)29-6-4-17-44-39(29)49(34)35-14-15-37(51)46-40(35)52)18-16-25-8-10-26(11-9-25)23-48-24-28(21-45-48)31(38(42)43)20-33(41)30-5-2-3-7-36(30)50/h2-13,17,19-21,24,35,41,50H,14-16,18,22-23H2,1H3,(H3,42,43)(H,46,51,52)/b31-20-,41-33?. The summed E-state index contributed by atoms with van der Waals surface area (Å²) < 4.78 is 3.75. The van der Waals surface area contributed by atoms with Crippen LogP contribution in [0, 0.1) is 10.8 Å². The lowest BCUT2D eigenvalue weighted by Crippen LogP contribution is -2.41. The van der Waals surface area contributed by atoms with Gasteiger partial charge in [0.1, 0.15) is 23.3 Å². The van der Waals surface area contributed by atoms with Gasteiger partial charge in [0.25, 0.3) is 0 Å². The normalized spacial score (nSPS) is 15.0. The number of piperidine rings is 1. The molecule has 0 saturated carbocycles. The van der Waals surface area contributed by atoms with Crippen molar-refractivity contribution in [2.24, 2.45) is 5.73 Å². The number of phenols is 1. The Morgan fingerprint density at radius 1 is 1.02 bits per heavy atom. The van der Waals surface area contributed by atoms with Gasteiger partial charge >= 0.3 is 0 Å². The molecule has 3 aromatic carbocycles. The number of phenolic OH excluding ortho intramolecular Hbond substituents is 1. The number of nitrogens with zero attached hydrogens (tertiary/aromatic N) is 5. The fourth-order valence-corrected chi connectivity index (χ4v) is 6.80. The molecule has 1 saturated heterocycles. The predicted molar refractivity (Wildman–Crippen MR) is 201 cm³/mol. The Hall–Kier alpha value is -6.40. The summed E-state index contributed by atoms with van der Waals surface area (Å²) in [6.07, 6.45) is 8.26. The van der Waals surface area contributed by atoms with E-state index in [-0.39, 0.29) is 29.1 Å². The van der Waals surface area contributed by atoms with Gasteiger partial charge < -0.3 is 25.7 Å². The number of likely N-dealkylation sites (N-methyl/N-ethyl adjacent to an activating group) is 1. The molecule has 0 spiro atoms. The first kappa shape index (κ1) is 34.1. The first-order valence-corrected chi connectivity index (χ1v) is 17.1. The third-order valence-corrected chi connectivity index (χ3v) is 9.47. The first-order chi connectivity index (χ1) is 25.1. The molecule has 1 aliphatic heterocycles. The zero-order valence-corrected chi connectivity index (χ0v) is 28.7. The van der Waals surface area contributed by atoms with Gasteiger partial charge in [-0.3, -0.25) is 25.0 Å². The average molecular weight is 694 g/mol. The van der Waals surface area contributed by atoms with E-state index in [1.807, 2.05) is 16.7 Å². The number of imide groups is 1. The van der Waals surface area contributed by atoms with Gasteiger partial charge in [0.15, 0.2) is 0 Å². The molecule has 3 aromatic heterocycles. The Bertz CT molecular complexity index is 2370. The van der Waals surface area contributed by atoms with Gasteiger partial charge in [0.2, 0.25) is 11.8 Å². The number of nitrogens with two attached hydrogens (primary N) is 1. The number of carbonyl (C=O) groups excluding carboxylic acids is 2. The number of nitrogens with one attached hydrogen (secondary N) is 3. The summed E-state index contributed by atoms with van der Waals surface area (Å²) in [5.74, 6) is -0.725. The van der Waals surface area contributed by atoms with Crippen LogP contribution in [0.15, 0.2) is 104 Å². The van der Waals surface area contributed by atoms with Crippen LogP contribution in [0.3, 0.4) is 0 Å². The quantitative estimate of drug-likeness (QED) is 0.0666. The van der Waals surface area contributed by atoms with Crippen LogP contribution in [0.5, 0.6) is 5.75 Å². The van der Waals surface area contributed by atoms with E-state index < -0.39 is 6.04 Å². The number of aromatic nitrogens is 4. The smallest absolute Gasteiger partial charge is 0.249 e. The zero-order chi connectivity index (χ0) is 36.4. The van der Waals surface area contributed by atoms with Crippen LogP contribution < -0.4 is 11.1 Å². The van der Waals surface area contributed by atoms with Crippen LogP contribution in [0.25, 0.3) is 27.5 Å². The number of para-hydroxylation sites is 1. The highest BCUT2D eigenvalue weighted by Crippen LogP contribution is 2.34. The van der Waals surface area contributed by atoms with Gasteiger partial charge in [-0.05, 0) is 79.1 Å². The molecule has 0 radical (unpaired) electrons. The summed E-state index contributed by atoms with van der Waals surface area (Å²) in [6.45, 7) is 2.14. The van der Waals surface area contributed by atoms with Crippen molar-refractivity contribution in [2.75, 3.05) is 13.6 Å². The lowest BCUT2D eigenvalue weighted by atomic mass is 10.0. The predicted octanol–water partition coefficient (Wildman–Crippen LogP) is 5.18. The van der Waals surface area contributed by atoms with Crippen LogP contribution in [-0.2, 0) is 29.1 Å². The van der Waals surface area contributed by atoms with E-state index in [9.17, 15) is 14.7 Å². The molecule has 0 bridgehead atoms. The highest BCUT2D eigenvalue weighted by atomic mass is 16.3. The molecule has 1 unspecified atom stereocenters. The minimum atomic E-state index is -0.482. The maximum Gasteiger partial charge on any atom is 0.249 e. The molecule has 7 rings (SSSR count). The van der Waals surface area contributed by atoms with Crippen molar-refractivity contribution >= 4 is 50.9 Å². The van der Waals surface area contributed by atoms with Crippen molar-refractivity contribution < 1.29 is 14.7 Å². The van der Waals surface area contributed by atoms with E-state index in [2.05, 4.69) is 69.8 Å². The molecular weight excluding hydrogens is 655 g/mol. The van der Waals surface area contributed by atoms with E-state index in [0.29, 0.717) is 36.1 Å². The zero-order valence-electron chi connectivity index (χ0n) is 28.7. The number of aromatic hydroxyl groups is 1. The van der Waals surface area contributed by atoms with Crippen LogP contribution >= 0.6 is 0 Å². The molecule has 12 nitrogen and oxygen atoms in total. The summed E-state index contributed by atoms with van der Waals surface area (Å²) in [5, 5.41) is 35.6. The monoisotopic (exact) mass is 693 g/mol. The Labute approximate surface area is 300 Å². The summed E-state index contributed by atoms with van der Waals surface area (Å²) in [7, 11) is 2.11. The number of fused-ring (bicyclic) bond motifs is 3. The lowest BCUT2D eigenvalue weighted by Gasteiger charge is -2.23. The van der Waals surface area contributed by atoms with Crippen LogP contribution in [0.4, 0.5) is 0 Å². The second-order valence-electron chi connectivity index (χ2n) is 13.2. The second kappa shape index (κ2) is 14.4. The van der Waals surface area contributed by atoms with E-state index in [0.717, 1.165) is 52.6 Å². The Morgan fingerprint density at radius 2 is 1.79 bits per heavy atom. The molecule has 52 heavy (non-hydrogen) atoms. The average Bonchev–Trinajstić information content (AvgIpc) is 3.72. The number of carbonyl (C=O) groups is 2. The number of hydrogen-bond acceptors (Lipinski definition) is 8. The molecule has 0 aliphatic carbocycles. The number of hydrogen-bond donors (Lipinski definition) is 5. The molecular formula is C40H39N9O3. The minimum Gasteiger partial charge on any atom is -0.507 e. The number of benzene rings is 3. The van der Waals surface area contributed by atoms with Gasteiger partial charge in [-0.15, -0.1) is 0 Å². The van der Waals surface area contributed by atoms with E-state index in [1.54, 1.807) is 41.5 Å². The largest absolute Gasteiger partial charge is 0.507 e. The second-order valence-corrected chi connectivity index (χ2v) is 13.2. The highest BCUT2D eigenvalue weighted by Gasteiger charge is 2.31. The van der Waals surface area contributed by atoms with E-state index in [1.165, 1.54) is 17.7 Å². The van der Waals surface area contributed by atoms with Crippen LogP contribution in [0.1, 0.15) is 46.7 Å². The maximum absolute atomic E-state index is 12.8. The van der Waals surface area contributed by atoms with Crippen molar-refractivity contribution in [1.29, 1.82) is 10.8 Å². The fraction of sp³-hybridized carbons (Fsp3) is 0.200. The van der Waals surface area contributed by atoms with Gasteiger partial charge in [-0.25, -0.2) is 4.98 Å². The summed E-state index contributed by atoms with van der Waals surface area (Å²) in [6, 6.07) is 24.8. The summed E-state index contributed by atoms with van der Waals surface area (Å²) in [4.78, 5) is 31.5. The maximum atomic E-state index is 12.8. The summed E-state index contributed by atoms with van der Waals surface area (Å²) in [5.41, 5.74) is 12.4. The molecule has 4 heterocycles. The summed E-state index contributed by atoms with van der Waals surface area (Å²) >= 11 is 0. The van der Waals surface area contributed by atoms with Crippen molar-refractivity contribution in [2.45, 2.75) is 38.4 Å². The van der Waals surface area contributed by atoms with E-state index in [4.69, 9.17) is 16.6 Å².